The van der Waals surface area contributed by atoms with E-state index in [2.05, 4.69) is 79.4 Å². The Hall–Kier alpha value is -4.83. The second kappa shape index (κ2) is 9.73. The lowest BCUT2D eigenvalue weighted by molar-refractivity contribution is 0.571. The molecule has 1 aliphatic heterocycles. The molecule has 0 saturated heterocycles. The van der Waals surface area contributed by atoms with Gasteiger partial charge in [0, 0.05) is 33.5 Å². The molecule has 1 aromatic heterocycles. The molecule has 0 saturated carbocycles. The molecular weight excluding hydrogens is 488 g/mol. The lowest BCUT2D eigenvalue weighted by Gasteiger charge is -2.44. The number of benzene rings is 4. The van der Waals surface area contributed by atoms with E-state index in [0.717, 1.165) is 35.2 Å². The van der Waals surface area contributed by atoms with Gasteiger partial charge in [0.25, 0.3) is 0 Å². The fourth-order valence-electron chi connectivity index (χ4n) is 5.96. The molecule has 1 aliphatic carbocycles. The summed E-state index contributed by atoms with van der Waals surface area (Å²) in [5, 5.41) is 0. The van der Waals surface area contributed by atoms with Crippen LogP contribution in [0.2, 0.25) is 0 Å². The van der Waals surface area contributed by atoms with Crippen LogP contribution in [0.1, 0.15) is 32.3 Å². The first kappa shape index (κ1) is 24.2. The summed E-state index contributed by atoms with van der Waals surface area (Å²) in [5.41, 5.74) is 9.42. The Kier molecular flexibility index (Phi) is 5.89. The maximum Gasteiger partial charge on any atom is 0.164 e. The number of nitrogens with zero attached hydrogens (tertiary/aromatic N) is 4. The highest BCUT2D eigenvalue weighted by atomic mass is 15.2. The van der Waals surface area contributed by atoms with Crippen molar-refractivity contribution in [1.82, 2.24) is 15.0 Å². The van der Waals surface area contributed by atoms with E-state index in [0.29, 0.717) is 17.5 Å². The predicted octanol–water partition coefficient (Wildman–Crippen LogP) is 8.91. The highest BCUT2D eigenvalue weighted by Gasteiger charge is 2.38. The molecule has 5 aromatic rings. The molecule has 0 N–H and O–H groups in total. The van der Waals surface area contributed by atoms with Gasteiger partial charge in [0.1, 0.15) is 0 Å². The van der Waals surface area contributed by atoms with Gasteiger partial charge in [-0.3, -0.25) is 0 Å². The molecule has 0 amide bonds. The van der Waals surface area contributed by atoms with Crippen LogP contribution in [-0.4, -0.2) is 15.0 Å². The monoisotopic (exact) mass is 518 g/mol. The third-order valence-electron chi connectivity index (χ3n) is 8.04. The van der Waals surface area contributed by atoms with Gasteiger partial charge in [-0.15, -0.1) is 0 Å². The molecule has 0 fully saturated rings. The van der Waals surface area contributed by atoms with E-state index in [9.17, 15) is 0 Å². The van der Waals surface area contributed by atoms with Gasteiger partial charge in [-0.2, -0.15) is 0 Å². The number of hydrogen-bond donors (Lipinski definition) is 0. The minimum absolute atomic E-state index is 0.000313. The fraction of sp³-hybridized carbons (Fsp3) is 0.139. The van der Waals surface area contributed by atoms with Crippen molar-refractivity contribution in [1.29, 1.82) is 0 Å². The van der Waals surface area contributed by atoms with Crippen molar-refractivity contribution in [2.24, 2.45) is 0 Å². The first-order valence-electron chi connectivity index (χ1n) is 13.9. The zero-order valence-corrected chi connectivity index (χ0v) is 22.8. The normalized spacial score (nSPS) is 15.5. The van der Waals surface area contributed by atoms with Crippen LogP contribution in [0.4, 0.5) is 11.4 Å². The maximum atomic E-state index is 4.91. The molecule has 40 heavy (non-hydrogen) atoms. The van der Waals surface area contributed by atoms with E-state index in [1.165, 1.54) is 22.5 Å². The van der Waals surface area contributed by atoms with Crippen LogP contribution >= 0.6 is 0 Å². The summed E-state index contributed by atoms with van der Waals surface area (Å²) >= 11 is 0. The van der Waals surface area contributed by atoms with Crippen LogP contribution in [0, 0.1) is 0 Å². The Morgan fingerprint density at radius 3 is 1.73 bits per heavy atom. The summed E-state index contributed by atoms with van der Waals surface area (Å²) in [6, 6.07) is 37.6. The van der Waals surface area contributed by atoms with E-state index in [1.807, 2.05) is 60.7 Å². The lowest BCUT2D eigenvalue weighted by Crippen LogP contribution is -2.34. The number of para-hydroxylation sites is 1. The van der Waals surface area contributed by atoms with Crippen molar-refractivity contribution in [2.75, 3.05) is 4.90 Å². The van der Waals surface area contributed by atoms with E-state index in [4.69, 9.17) is 15.0 Å². The third-order valence-corrected chi connectivity index (χ3v) is 8.04. The summed E-state index contributed by atoms with van der Waals surface area (Å²) < 4.78 is 0. The van der Waals surface area contributed by atoms with Gasteiger partial charge in [-0.1, -0.05) is 98.8 Å². The lowest BCUT2D eigenvalue weighted by atomic mass is 9.70. The van der Waals surface area contributed by atoms with Gasteiger partial charge >= 0.3 is 0 Å². The van der Waals surface area contributed by atoms with Crippen LogP contribution in [0.15, 0.2) is 133 Å². The van der Waals surface area contributed by atoms with Crippen molar-refractivity contribution in [3.8, 4) is 34.2 Å². The zero-order valence-electron chi connectivity index (χ0n) is 22.8. The minimum atomic E-state index is -0.000313. The van der Waals surface area contributed by atoms with Crippen LogP contribution in [0.25, 0.3) is 34.2 Å². The summed E-state index contributed by atoms with van der Waals surface area (Å²) in [4.78, 5) is 17.1. The third kappa shape index (κ3) is 4.13. The van der Waals surface area contributed by atoms with Crippen molar-refractivity contribution < 1.29 is 0 Å². The summed E-state index contributed by atoms with van der Waals surface area (Å²) in [7, 11) is 0. The molecule has 194 valence electrons. The van der Waals surface area contributed by atoms with Gasteiger partial charge in [-0.25, -0.2) is 15.0 Å². The van der Waals surface area contributed by atoms with Crippen LogP contribution in [0.3, 0.4) is 0 Å². The molecule has 0 unspecified atom stereocenters. The number of anilines is 2. The SMILES string of the molecule is CC1(C)C2=C(C=CCC2)N(c2ccc(-c3nc(-c4ccccc4)nc(-c4ccccc4)n3)cc2)c2ccccc21. The molecule has 0 bridgehead atoms. The Morgan fingerprint density at radius 1 is 0.600 bits per heavy atom. The number of aromatic nitrogens is 3. The Morgan fingerprint density at radius 2 is 1.12 bits per heavy atom. The molecule has 4 nitrogen and oxygen atoms in total. The average Bonchev–Trinajstić information content (AvgIpc) is 3.02. The van der Waals surface area contributed by atoms with Gasteiger partial charge < -0.3 is 4.90 Å². The summed E-state index contributed by atoms with van der Waals surface area (Å²) in [6.45, 7) is 4.71. The quantitative estimate of drug-likeness (QED) is 0.238. The molecular formula is C36H30N4. The molecule has 2 heterocycles. The second-order valence-corrected chi connectivity index (χ2v) is 10.9. The molecule has 4 heteroatoms. The minimum Gasteiger partial charge on any atom is -0.310 e. The van der Waals surface area contributed by atoms with Gasteiger partial charge in [0.2, 0.25) is 0 Å². The second-order valence-electron chi connectivity index (χ2n) is 10.9. The highest BCUT2D eigenvalue weighted by Crippen LogP contribution is 2.50. The largest absolute Gasteiger partial charge is 0.310 e. The zero-order chi connectivity index (χ0) is 27.1. The number of hydrogen-bond acceptors (Lipinski definition) is 4. The predicted molar refractivity (Wildman–Crippen MR) is 163 cm³/mol. The van der Waals surface area contributed by atoms with E-state index >= 15 is 0 Å². The standard InChI is InChI=1S/C36H30N4/c1-36(2)29-17-9-11-19-31(29)40(32-20-12-10-18-30(32)36)28-23-21-27(22-24-28)35-38-33(25-13-5-3-6-14-25)37-34(39-35)26-15-7-4-8-16-26/h3-9,11-17,19-24H,10,18H2,1-2H3. The van der Waals surface area contributed by atoms with Crippen LogP contribution in [-0.2, 0) is 5.41 Å². The number of fused-ring (bicyclic) bond motifs is 1. The van der Waals surface area contributed by atoms with E-state index in [-0.39, 0.29) is 5.41 Å². The maximum absolute atomic E-state index is 4.91. The molecule has 4 aromatic carbocycles. The molecule has 2 aliphatic rings. The van der Waals surface area contributed by atoms with Crippen molar-refractivity contribution in [3.63, 3.8) is 0 Å². The Bertz CT molecular complexity index is 1690. The van der Waals surface area contributed by atoms with Crippen molar-refractivity contribution in [3.05, 3.63) is 138 Å². The van der Waals surface area contributed by atoms with Gasteiger partial charge in [0.05, 0.1) is 5.69 Å². The summed E-state index contributed by atoms with van der Waals surface area (Å²) in [5.74, 6) is 2.00. The van der Waals surface area contributed by atoms with Gasteiger partial charge in [-0.05, 0) is 60.4 Å². The highest BCUT2D eigenvalue weighted by molar-refractivity contribution is 5.79. The van der Waals surface area contributed by atoms with Crippen LogP contribution in [0.5, 0.6) is 0 Å². The van der Waals surface area contributed by atoms with Crippen molar-refractivity contribution in [2.45, 2.75) is 32.1 Å². The first-order valence-corrected chi connectivity index (χ1v) is 13.9. The molecule has 0 spiro atoms. The van der Waals surface area contributed by atoms with Gasteiger partial charge in [0.15, 0.2) is 17.5 Å². The van der Waals surface area contributed by atoms with Crippen molar-refractivity contribution >= 4 is 11.4 Å². The Labute approximate surface area is 235 Å². The van der Waals surface area contributed by atoms with Crippen LogP contribution < -0.4 is 4.90 Å². The Balaban J connectivity index is 1.33. The summed E-state index contributed by atoms with van der Waals surface area (Å²) in [6.07, 6.45) is 6.77. The number of rotatable bonds is 4. The molecule has 0 atom stereocenters. The fourth-order valence-corrected chi connectivity index (χ4v) is 5.96. The molecule has 7 rings (SSSR count). The molecule has 0 radical (unpaired) electrons. The smallest absolute Gasteiger partial charge is 0.164 e. The van der Waals surface area contributed by atoms with E-state index in [1.54, 1.807) is 0 Å². The first-order chi connectivity index (χ1) is 19.6. The number of allylic oxidation sites excluding steroid dienone is 3. The van der Waals surface area contributed by atoms with E-state index < -0.39 is 0 Å². The average molecular weight is 519 g/mol. The topological polar surface area (TPSA) is 41.9 Å².